The lowest BCUT2D eigenvalue weighted by molar-refractivity contribution is 0.102. The Labute approximate surface area is 108 Å². The average Bonchev–Trinajstić information content (AvgIpc) is 2.63. The van der Waals surface area contributed by atoms with Crippen molar-refractivity contribution in [3.8, 4) is 0 Å². The van der Waals surface area contributed by atoms with E-state index in [9.17, 15) is 4.79 Å². The summed E-state index contributed by atoms with van der Waals surface area (Å²) >= 11 is 7.29. The summed E-state index contributed by atoms with van der Waals surface area (Å²) in [4.78, 5) is 17.1. The molecule has 2 rings (SSSR count). The fourth-order valence-corrected chi connectivity index (χ4v) is 2.35. The Balaban J connectivity index is 2.20. The third-order valence-corrected chi connectivity index (χ3v) is 3.34. The van der Waals surface area contributed by atoms with Gasteiger partial charge in [0.25, 0.3) is 5.91 Å². The second kappa shape index (κ2) is 4.85. The third kappa shape index (κ3) is 2.84. The largest absolute Gasteiger partial charge is 0.298 e. The van der Waals surface area contributed by atoms with E-state index in [1.54, 1.807) is 24.4 Å². The van der Waals surface area contributed by atoms with Crippen LogP contribution in [0.3, 0.4) is 0 Å². The van der Waals surface area contributed by atoms with Crippen LogP contribution in [0.4, 0.5) is 5.13 Å². The van der Waals surface area contributed by atoms with Crippen LogP contribution in [-0.4, -0.2) is 10.9 Å². The first-order chi connectivity index (χ1) is 8.06. The Kier molecular flexibility index (Phi) is 3.45. The van der Waals surface area contributed by atoms with Crippen LogP contribution in [0, 0.1) is 13.8 Å². The number of hydrogen-bond acceptors (Lipinski definition) is 3. The summed E-state index contributed by atoms with van der Waals surface area (Å²) in [5, 5.41) is 4.01. The van der Waals surface area contributed by atoms with Crippen LogP contribution in [0.15, 0.2) is 24.4 Å². The highest BCUT2D eigenvalue weighted by Crippen LogP contribution is 2.20. The molecule has 0 aliphatic rings. The highest BCUT2D eigenvalue weighted by atomic mass is 35.5. The van der Waals surface area contributed by atoms with E-state index in [1.165, 1.54) is 11.3 Å². The van der Waals surface area contributed by atoms with E-state index in [0.29, 0.717) is 15.7 Å². The van der Waals surface area contributed by atoms with Gasteiger partial charge in [0.15, 0.2) is 5.13 Å². The van der Waals surface area contributed by atoms with E-state index < -0.39 is 0 Å². The molecule has 1 heterocycles. The van der Waals surface area contributed by atoms with Crippen LogP contribution in [0.5, 0.6) is 0 Å². The van der Waals surface area contributed by atoms with Crippen LogP contribution in [-0.2, 0) is 0 Å². The minimum absolute atomic E-state index is 0.159. The lowest BCUT2D eigenvalue weighted by atomic mass is 10.1. The topological polar surface area (TPSA) is 42.0 Å². The number of rotatable bonds is 2. The predicted molar refractivity (Wildman–Crippen MR) is 71.0 cm³/mol. The minimum atomic E-state index is -0.159. The van der Waals surface area contributed by atoms with Crippen LogP contribution in [0.25, 0.3) is 0 Å². The van der Waals surface area contributed by atoms with E-state index >= 15 is 0 Å². The SMILES string of the molecule is Cc1cnc(NC(=O)c2ccc(Cl)cc2C)s1. The van der Waals surface area contributed by atoms with E-state index in [2.05, 4.69) is 10.3 Å². The molecule has 1 amide bonds. The number of carbonyl (C=O) groups is 1. The fourth-order valence-electron chi connectivity index (χ4n) is 1.46. The molecule has 0 atom stereocenters. The normalized spacial score (nSPS) is 10.3. The average molecular weight is 267 g/mol. The molecule has 0 bridgehead atoms. The predicted octanol–water partition coefficient (Wildman–Crippen LogP) is 3.67. The summed E-state index contributed by atoms with van der Waals surface area (Å²) in [7, 11) is 0. The standard InChI is InChI=1S/C12H11ClN2OS/c1-7-5-9(13)3-4-10(7)11(16)15-12-14-6-8(2)17-12/h3-6H,1-2H3,(H,14,15,16). The Morgan fingerprint density at radius 1 is 1.41 bits per heavy atom. The van der Waals surface area contributed by atoms with Crippen LogP contribution in [0.1, 0.15) is 20.8 Å². The van der Waals surface area contributed by atoms with Gasteiger partial charge < -0.3 is 0 Å². The molecule has 1 aromatic carbocycles. The van der Waals surface area contributed by atoms with Gasteiger partial charge in [-0.05, 0) is 37.6 Å². The molecular weight excluding hydrogens is 256 g/mol. The summed E-state index contributed by atoms with van der Waals surface area (Å²) in [6.07, 6.45) is 1.73. The first kappa shape index (κ1) is 12.1. The maximum absolute atomic E-state index is 12.0. The number of thiazole rings is 1. The molecule has 5 heteroatoms. The van der Waals surface area contributed by atoms with Gasteiger partial charge in [-0.25, -0.2) is 4.98 Å². The van der Waals surface area contributed by atoms with E-state index in [1.807, 2.05) is 13.8 Å². The third-order valence-electron chi connectivity index (χ3n) is 2.27. The fraction of sp³-hybridized carbons (Fsp3) is 0.167. The van der Waals surface area contributed by atoms with Gasteiger partial charge in [-0.3, -0.25) is 10.1 Å². The maximum atomic E-state index is 12.0. The summed E-state index contributed by atoms with van der Waals surface area (Å²) in [6, 6.07) is 5.19. The van der Waals surface area contributed by atoms with Gasteiger partial charge in [0.2, 0.25) is 0 Å². The molecule has 3 nitrogen and oxygen atoms in total. The van der Waals surface area contributed by atoms with E-state index in [-0.39, 0.29) is 5.91 Å². The van der Waals surface area contributed by atoms with Gasteiger partial charge in [0.1, 0.15) is 0 Å². The van der Waals surface area contributed by atoms with Crippen molar-refractivity contribution in [2.45, 2.75) is 13.8 Å². The number of anilines is 1. The van der Waals surface area contributed by atoms with Crippen molar-refractivity contribution in [2.24, 2.45) is 0 Å². The summed E-state index contributed by atoms with van der Waals surface area (Å²) in [6.45, 7) is 3.80. The van der Waals surface area contributed by atoms with Crippen molar-refractivity contribution in [3.05, 3.63) is 45.4 Å². The van der Waals surface area contributed by atoms with Crippen LogP contribution >= 0.6 is 22.9 Å². The van der Waals surface area contributed by atoms with Gasteiger partial charge >= 0.3 is 0 Å². The molecule has 17 heavy (non-hydrogen) atoms. The minimum Gasteiger partial charge on any atom is -0.298 e. The van der Waals surface area contributed by atoms with Crippen molar-refractivity contribution in [3.63, 3.8) is 0 Å². The zero-order chi connectivity index (χ0) is 12.4. The Bertz CT molecular complexity index is 565. The number of aromatic nitrogens is 1. The number of nitrogens with zero attached hydrogens (tertiary/aromatic N) is 1. The van der Waals surface area contributed by atoms with Gasteiger partial charge in [-0.15, -0.1) is 11.3 Å². The zero-order valence-corrected chi connectivity index (χ0v) is 11.0. The number of aryl methyl sites for hydroxylation is 2. The number of halogens is 1. The summed E-state index contributed by atoms with van der Waals surface area (Å²) < 4.78 is 0. The first-order valence-corrected chi connectivity index (χ1v) is 6.25. The molecule has 0 saturated carbocycles. The molecule has 0 fully saturated rings. The van der Waals surface area contributed by atoms with Gasteiger partial charge in [0.05, 0.1) is 0 Å². The summed E-state index contributed by atoms with van der Waals surface area (Å²) in [5.74, 6) is -0.159. The molecule has 1 aromatic heterocycles. The molecule has 0 saturated heterocycles. The zero-order valence-electron chi connectivity index (χ0n) is 9.45. The van der Waals surface area contributed by atoms with Crippen molar-refractivity contribution in [1.82, 2.24) is 4.98 Å². The van der Waals surface area contributed by atoms with Crippen LogP contribution < -0.4 is 5.32 Å². The number of nitrogens with one attached hydrogen (secondary N) is 1. The molecule has 2 aromatic rings. The van der Waals surface area contributed by atoms with Crippen LogP contribution in [0.2, 0.25) is 5.02 Å². The van der Waals surface area contributed by atoms with E-state index in [4.69, 9.17) is 11.6 Å². The van der Waals surface area contributed by atoms with Gasteiger partial charge in [0, 0.05) is 21.7 Å². The maximum Gasteiger partial charge on any atom is 0.257 e. The highest BCUT2D eigenvalue weighted by molar-refractivity contribution is 7.15. The van der Waals surface area contributed by atoms with Crippen molar-refractivity contribution < 1.29 is 4.79 Å². The lowest BCUT2D eigenvalue weighted by Gasteiger charge is -2.05. The smallest absolute Gasteiger partial charge is 0.257 e. The molecule has 88 valence electrons. The molecule has 0 aliphatic heterocycles. The number of carbonyl (C=O) groups excluding carboxylic acids is 1. The quantitative estimate of drug-likeness (QED) is 0.901. The van der Waals surface area contributed by atoms with Crippen molar-refractivity contribution in [1.29, 1.82) is 0 Å². The Hall–Kier alpha value is -1.39. The number of benzene rings is 1. The molecule has 1 N–H and O–H groups in total. The highest BCUT2D eigenvalue weighted by Gasteiger charge is 2.10. The second-order valence-electron chi connectivity index (χ2n) is 3.69. The Morgan fingerprint density at radius 2 is 2.18 bits per heavy atom. The molecule has 0 aliphatic carbocycles. The summed E-state index contributed by atoms with van der Waals surface area (Å²) in [5.41, 5.74) is 1.46. The first-order valence-electron chi connectivity index (χ1n) is 5.06. The number of hydrogen-bond donors (Lipinski definition) is 1. The van der Waals surface area contributed by atoms with Gasteiger partial charge in [-0.2, -0.15) is 0 Å². The second-order valence-corrected chi connectivity index (χ2v) is 5.36. The monoisotopic (exact) mass is 266 g/mol. The van der Waals surface area contributed by atoms with E-state index in [0.717, 1.165) is 10.4 Å². The number of amides is 1. The molecule has 0 unspecified atom stereocenters. The molecule has 0 radical (unpaired) electrons. The molecular formula is C12H11ClN2OS. The molecule has 0 spiro atoms. The van der Waals surface area contributed by atoms with Gasteiger partial charge in [-0.1, -0.05) is 11.6 Å². The Morgan fingerprint density at radius 3 is 2.76 bits per heavy atom. The van der Waals surface area contributed by atoms with Crippen molar-refractivity contribution in [2.75, 3.05) is 5.32 Å². The van der Waals surface area contributed by atoms with Crippen molar-refractivity contribution >= 4 is 34.0 Å². The lowest BCUT2D eigenvalue weighted by Crippen LogP contribution is -2.12.